The summed E-state index contributed by atoms with van der Waals surface area (Å²) in [4.78, 5) is 67.5. The van der Waals surface area contributed by atoms with Crippen molar-refractivity contribution < 1.29 is 29.0 Å². The van der Waals surface area contributed by atoms with Crippen molar-refractivity contribution in [1.82, 2.24) is 40.8 Å². The van der Waals surface area contributed by atoms with Gasteiger partial charge >= 0.3 is 12.1 Å². The summed E-state index contributed by atoms with van der Waals surface area (Å²) in [6, 6.07) is 20.2. The van der Waals surface area contributed by atoms with Crippen molar-refractivity contribution in [1.29, 1.82) is 0 Å². The van der Waals surface area contributed by atoms with Gasteiger partial charge in [-0.25, -0.2) is 19.6 Å². The van der Waals surface area contributed by atoms with Gasteiger partial charge < -0.3 is 30.3 Å². The molecule has 4 aromatic rings. The van der Waals surface area contributed by atoms with E-state index in [1.807, 2.05) is 113 Å². The quantitative estimate of drug-likeness (QED) is 0.0784. The zero-order chi connectivity index (χ0) is 44.3. The van der Waals surface area contributed by atoms with E-state index in [0.29, 0.717) is 32.0 Å². The minimum absolute atomic E-state index is 0.100. The van der Waals surface area contributed by atoms with Crippen molar-refractivity contribution in [2.45, 2.75) is 105 Å². The average molecular weight is 855 g/mol. The Labute approximate surface area is 364 Å². The minimum atomic E-state index is -1.21. The van der Waals surface area contributed by atoms with Gasteiger partial charge in [0.25, 0.3) is 5.91 Å². The standard InChI is InChI=1S/C46H62N8O6S/c1-9-31(4)39(54-24-23-52(45(54)59)27-35-29-61-43(48-35)30(2)3)41(56)49-37(25-32-15-11-10-12-16-32)38(55)28-53(51-42(57)40(46(5,6)7)50-44(58)60-8)26-33-18-20-34(21-19-33)36-17-13-14-22-47-36/h10-22,29-31,37-40,55H,9,23-28H2,1-8H3,(H,49,56)(H,50,58)(H,51,57). The lowest BCUT2D eigenvalue weighted by Crippen LogP contribution is -2.60. The van der Waals surface area contributed by atoms with Gasteiger partial charge in [0, 0.05) is 49.2 Å². The lowest BCUT2D eigenvalue weighted by molar-refractivity contribution is -0.132. The fourth-order valence-corrected chi connectivity index (χ4v) is 8.15. The van der Waals surface area contributed by atoms with Crippen LogP contribution in [-0.4, -0.2) is 105 Å². The zero-order valence-corrected chi connectivity index (χ0v) is 37.4. The van der Waals surface area contributed by atoms with Gasteiger partial charge in [0.05, 0.1) is 42.2 Å². The zero-order valence-electron chi connectivity index (χ0n) is 36.6. The van der Waals surface area contributed by atoms with Crippen LogP contribution in [0, 0.1) is 11.3 Å². The van der Waals surface area contributed by atoms with E-state index in [-0.39, 0.29) is 37.4 Å². The van der Waals surface area contributed by atoms with E-state index in [4.69, 9.17) is 9.72 Å². The number of hydrogen-bond acceptors (Lipinski definition) is 10. The molecule has 5 amide bonds. The van der Waals surface area contributed by atoms with E-state index >= 15 is 0 Å². The number of nitrogens with one attached hydrogen (secondary N) is 3. The number of aliphatic hydroxyl groups is 1. The topological polar surface area (TPSA) is 169 Å². The molecular weight excluding hydrogens is 793 g/mol. The molecular formula is C46H62N8O6S. The van der Waals surface area contributed by atoms with Crippen LogP contribution < -0.4 is 16.1 Å². The van der Waals surface area contributed by atoms with Crippen LogP contribution >= 0.6 is 11.3 Å². The number of pyridine rings is 1. The molecule has 2 aromatic carbocycles. The Morgan fingerprint density at radius 3 is 2.25 bits per heavy atom. The fourth-order valence-electron chi connectivity index (χ4n) is 7.32. The molecule has 3 heterocycles. The molecule has 5 atom stereocenters. The predicted molar refractivity (Wildman–Crippen MR) is 237 cm³/mol. The number of ether oxygens (including phenoxy) is 1. The normalized spacial score (nSPS) is 15.6. The van der Waals surface area contributed by atoms with Gasteiger partial charge in [0.1, 0.15) is 12.1 Å². The molecule has 0 bridgehead atoms. The SMILES string of the molecule is CCC(C)C(C(=O)NC(Cc1ccccc1)C(O)CN(Cc1ccc(-c2ccccn2)cc1)NC(=O)C(NC(=O)OC)C(C)(C)C)N1CCN(Cc2csc(C(C)C)n2)C1=O. The fraction of sp³-hybridized carbons (Fsp3) is 0.478. The van der Waals surface area contributed by atoms with Gasteiger partial charge in [-0.15, -0.1) is 11.3 Å². The Morgan fingerprint density at radius 2 is 1.64 bits per heavy atom. The van der Waals surface area contributed by atoms with Crippen LogP contribution in [0.5, 0.6) is 0 Å². The maximum absolute atomic E-state index is 14.6. The number of thiazole rings is 1. The molecule has 1 saturated heterocycles. The van der Waals surface area contributed by atoms with Gasteiger partial charge in [0.15, 0.2) is 0 Å². The smallest absolute Gasteiger partial charge is 0.407 e. The van der Waals surface area contributed by atoms with E-state index in [1.54, 1.807) is 32.3 Å². The second-order valence-corrected chi connectivity index (χ2v) is 18.0. The number of hydrazine groups is 1. The van der Waals surface area contributed by atoms with Gasteiger partial charge in [0.2, 0.25) is 5.91 Å². The lowest BCUT2D eigenvalue weighted by Gasteiger charge is -2.36. The summed E-state index contributed by atoms with van der Waals surface area (Å²) in [5, 5.41) is 22.6. The summed E-state index contributed by atoms with van der Waals surface area (Å²) in [6.45, 7) is 14.9. The van der Waals surface area contributed by atoms with Gasteiger partial charge in [-0.1, -0.05) is 116 Å². The Hall–Kier alpha value is -5.38. The van der Waals surface area contributed by atoms with Crippen molar-refractivity contribution in [2.75, 3.05) is 26.7 Å². The summed E-state index contributed by atoms with van der Waals surface area (Å²) >= 11 is 1.58. The maximum atomic E-state index is 14.6. The molecule has 1 aliphatic heterocycles. The third-order valence-corrected chi connectivity index (χ3v) is 12.2. The van der Waals surface area contributed by atoms with Gasteiger partial charge in [-0.3, -0.25) is 20.0 Å². The second kappa shape index (κ2) is 21.4. The maximum Gasteiger partial charge on any atom is 0.407 e. The molecule has 15 heteroatoms. The molecule has 61 heavy (non-hydrogen) atoms. The van der Waals surface area contributed by atoms with Gasteiger partial charge in [-0.05, 0) is 41.0 Å². The first-order valence-corrected chi connectivity index (χ1v) is 21.9. The highest BCUT2D eigenvalue weighted by Gasteiger charge is 2.41. The Morgan fingerprint density at radius 1 is 0.934 bits per heavy atom. The summed E-state index contributed by atoms with van der Waals surface area (Å²) in [5.41, 5.74) is 6.53. The minimum Gasteiger partial charge on any atom is -0.453 e. The van der Waals surface area contributed by atoms with E-state index in [1.165, 1.54) is 7.11 Å². The van der Waals surface area contributed by atoms with E-state index in [9.17, 15) is 24.3 Å². The number of carbonyl (C=O) groups is 4. The molecule has 328 valence electrons. The van der Waals surface area contributed by atoms with E-state index in [0.717, 1.165) is 33.1 Å². The van der Waals surface area contributed by atoms with Crippen molar-refractivity contribution in [3.8, 4) is 11.3 Å². The van der Waals surface area contributed by atoms with Gasteiger partial charge in [-0.2, -0.15) is 0 Å². The molecule has 14 nitrogen and oxygen atoms in total. The molecule has 0 aliphatic carbocycles. The van der Waals surface area contributed by atoms with Crippen molar-refractivity contribution >= 4 is 35.3 Å². The molecule has 0 saturated carbocycles. The van der Waals surface area contributed by atoms with Crippen LogP contribution in [0.25, 0.3) is 11.3 Å². The predicted octanol–water partition coefficient (Wildman–Crippen LogP) is 6.37. The summed E-state index contributed by atoms with van der Waals surface area (Å²) in [7, 11) is 1.23. The molecule has 0 spiro atoms. The number of benzene rings is 2. The number of hydrogen-bond donors (Lipinski definition) is 4. The molecule has 1 fully saturated rings. The molecule has 2 aromatic heterocycles. The Balaban J connectivity index is 1.40. The number of rotatable bonds is 19. The van der Waals surface area contributed by atoms with Crippen molar-refractivity contribution in [3.63, 3.8) is 0 Å². The van der Waals surface area contributed by atoms with Crippen LogP contribution in [0.2, 0.25) is 0 Å². The first-order valence-electron chi connectivity index (χ1n) is 21.0. The third kappa shape index (κ3) is 12.8. The lowest BCUT2D eigenvalue weighted by atomic mass is 9.86. The van der Waals surface area contributed by atoms with Crippen LogP contribution in [0.1, 0.15) is 82.6 Å². The second-order valence-electron chi connectivity index (χ2n) is 17.1. The number of amides is 5. The number of nitrogens with zero attached hydrogens (tertiary/aromatic N) is 5. The summed E-state index contributed by atoms with van der Waals surface area (Å²) in [5.74, 6) is -0.771. The highest BCUT2D eigenvalue weighted by molar-refractivity contribution is 7.09. The van der Waals surface area contributed by atoms with Crippen LogP contribution in [0.4, 0.5) is 9.59 Å². The highest BCUT2D eigenvalue weighted by atomic mass is 32.1. The number of aromatic nitrogens is 2. The van der Waals surface area contributed by atoms with Crippen LogP contribution in [-0.2, 0) is 33.8 Å². The molecule has 5 unspecified atom stereocenters. The molecule has 4 N–H and O–H groups in total. The van der Waals surface area contributed by atoms with Crippen LogP contribution in [0.15, 0.2) is 84.4 Å². The Kier molecular flexibility index (Phi) is 16.4. The van der Waals surface area contributed by atoms with E-state index in [2.05, 4.69) is 34.9 Å². The number of alkyl carbamates (subject to hydrolysis) is 1. The largest absolute Gasteiger partial charge is 0.453 e. The van der Waals surface area contributed by atoms with Crippen molar-refractivity contribution in [2.24, 2.45) is 11.3 Å². The molecule has 5 rings (SSSR count). The number of methoxy groups -OCH3 is 1. The number of urea groups is 1. The third-order valence-electron chi connectivity index (χ3n) is 11.0. The Bertz CT molecular complexity index is 2040. The number of carbonyl (C=O) groups excluding carboxylic acids is 4. The highest BCUT2D eigenvalue weighted by Crippen LogP contribution is 2.26. The molecule has 1 aliphatic rings. The first kappa shape index (κ1) is 46.7. The summed E-state index contributed by atoms with van der Waals surface area (Å²) in [6.07, 6.45) is 0.692. The average Bonchev–Trinajstić information content (AvgIpc) is 3.86. The van der Waals surface area contributed by atoms with Crippen LogP contribution in [0.3, 0.4) is 0 Å². The van der Waals surface area contributed by atoms with E-state index < -0.39 is 41.6 Å². The summed E-state index contributed by atoms with van der Waals surface area (Å²) < 4.78 is 4.83. The first-order chi connectivity index (χ1) is 29.1. The number of aliphatic hydroxyl groups excluding tert-OH is 1. The molecule has 0 radical (unpaired) electrons. The monoisotopic (exact) mass is 854 g/mol. The van der Waals surface area contributed by atoms with Crippen molar-refractivity contribution in [3.05, 3.63) is 106 Å².